The molecule has 0 bridgehead atoms. The van der Waals surface area contributed by atoms with Crippen LogP contribution in [0.3, 0.4) is 0 Å². The molecule has 3 N–H and O–H groups in total. The largest absolute Gasteiger partial charge is 0.504 e. The van der Waals surface area contributed by atoms with E-state index in [1.54, 1.807) is 18.2 Å². The lowest BCUT2D eigenvalue weighted by atomic mass is 10.0. The first-order valence-corrected chi connectivity index (χ1v) is 10.0. The number of nitrogens with zero attached hydrogens (tertiary/aromatic N) is 2. The summed E-state index contributed by atoms with van der Waals surface area (Å²) in [6.45, 7) is 4.76. The van der Waals surface area contributed by atoms with Crippen LogP contribution in [-0.4, -0.2) is 43.9 Å². The highest BCUT2D eigenvalue weighted by molar-refractivity contribution is 14.0. The molecule has 30 heavy (non-hydrogen) atoms. The minimum Gasteiger partial charge on any atom is -0.504 e. The molecule has 1 atom stereocenters. The van der Waals surface area contributed by atoms with Gasteiger partial charge < -0.3 is 25.4 Å². The topological polar surface area (TPSA) is 69.1 Å². The van der Waals surface area contributed by atoms with E-state index in [9.17, 15) is 9.50 Å². The maximum atomic E-state index is 13.6. The number of nitrogens with one attached hydrogen (secondary N) is 2. The van der Waals surface area contributed by atoms with Crippen molar-refractivity contribution in [3.05, 3.63) is 53.8 Å². The molecule has 164 valence electrons. The summed E-state index contributed by atoms with van der Waals surface area (Å²) in [7, 11) is 1.53. The molecule has 0 aromatic heterocycles. The number of anilines is 1. The van der Waals surface area contributed by atoms with Crippen molar-refractivity contribution in [3.8, 4) is 11.5 Å². The number of guanidine groups is 1. The zero-order valence-corrected chi connectivity index (χ0v) is 19.7. The summed E-state index contributed by atoms with van der Waals surface area (Å²) >= 11 is 0. The molecule has 0 radical (unpaired) electrons. The Morgan fingerprint density at radius 2 is 2.10 bits per heavy atom. The number of rotatable bonds is 6. The zero-order valence-electron chi connectivity index (χ0n) is 17.4. The molecule has 0 aliphatic carbocycles. The number of methoxy groups -OCH3 is 1. The van der Waals surface area contributed by atoms with Gasteiger partial charge in [-0.2, -0.15) is 0 Å². The molecule has 1 aliphatic rings. The van der Waals surface area contributed by atoms with E-state index in [-0.39, 0.29) is 41.6 Å². The van der Waals surface area contributed by atoms with Gasteiger partial charge in [0.25, 0.3) is 0 Å². The normalized spacial score (nSPS) is 16.6. The van der Waals surface area contributed by atoms with Crippen LogP contribution in [0.2, 0.25) is 0 Å². The molecule has 1 unspecified atom stereocenters. The molecule has 6 nitrogen and oxygen atoms in total. The summed E-state index contributed by atoms with van der Waals surface area (Å²) in [6.07, 6.45) is 2.03. The summed E-state index contributed by atoms with van der Waals surface area (Å²) in [5, 5.41) is 17.0. The van der Waals surface area contributed by atoms with Crippen LogP contribution in [0.15, 0.2) is 47.5 Å². The number of ether oxygens (including phenoxy) is 1. The van der Waals surface area contributed by atoms with Crippen molar-refractivity contribution in [3.63, 3.8) is 0 Å². The van der Waals surface area contributed by atoms with Crippen LogP contribution in [0, 0.1) is 5.82 Å². The van der Waals surface area contributed by atoms with Gasteiger partial charge in [-0.3, -0.25) is 0 Å². The van der Waals surface area contributed by atoms with E-state index >= 15 is 0 Å². The van der Waals surface area contributed by atoms with Gasteiger partial charge in [0, 0.05) is 36.9 Å². The second kappa shape index (κ2) is 11.8. The van der Waals surface area contributed by atoms with E-state index in [0.29, 0.717) is 23.8 Å². The maximum absolute atomic E-state index is 13.6. The van der Waals surface area contributed by atoms with Crippen molar-refractivity contribution in [2.24, 2.45) is 4.99 Å². The second-order valence-electron chi connectivity index (χ2n) is 7.07. The molecule has 1 aliphatic heterocycles. The fraction of sp³-hybridized carbons (Fsp3) is 0.409. The van der Waals surface area contributed by atoms with Gasteiger partial charge in [-0.15, -0.1) is 24.0 Å². The van der Waals surface area contributed by atoms with Crippen molar-refractivity contribution >= 4 is 35.6 Å². The van der Waals surface area contributed by atoms with Crippen LogP contribution in [-0.2, 0) is 6.54 Å². The van der Waals surface area contributed by atoms with E-state index in [1.807, 2.05) is 25.1 Å². The lowest BCUT2D eigenvalue weighted by Crippen LogP contribution is -2.51. The predicted molar refractivity (Wildman–Crippen MR) is 130 cm³/mol. The van der Waals surface area contributed by atoms with E-state index in [0.717, 1.165) is 38.2 Å². The van der Waals surface area contributed by atoms with Crippen LogP contribution in [0.25, 0.3) is 0 Å². The Hall–Kier alpha value is -2.23. The first kappa shape index (κ1) is 24.0. The molecule has 1 saturated heterocycles. The molecule has 2 aromatic rings. The Labute approximate surface area is 194 Å². The van der Waals surface area contributed by atoms with Crippen molar-refractivity contribution < 1.29 is 14.2 Å². The number of hydrogen-bond acceptors (Lipinski definition) is 4. The minimum absolute atomic E-state index is 0. The quantitative estimate of drug-likeness (QED) is 0.302. The van der Waals surface area contributed by atoms with Gasteiger partial charge in [0.15, 0.2) is 17.5 Å². The van der Waals surface area contributed by atoms with Crippen molar-refractivity contribution in [2.45, 2.75) is 32.4 Å². The third kappa shape index (κ3) is 6.38. The van der Waals surface area contributed by atoms with Crippen molar-refractivity contribution in [1.82, 2.24) is 10.6 Å². The van der Waals surface area contributed by atoms with Gasteiger partial charge in [-0.25, -0.2) is 9.38 Å². The highest BCUT2D eigenvalue weighted by Gasteiger charge is 2.21. The molecule has 8 heteroatoms. The molecule has 0 saturated carbocycles. The molecule has 0 spiro atoms. The summed E-state index contributed by atoms with van der Waals surface area (Å²) < 4.78 is 18.7. The van der Waals surface area contributed by atoms with Crippen LogP contribution in [0.1, 0.15) is 25.3 Å². The Morgan fingerprint density at radius 3 is 2.83 bits per heavy atom. The Morgan fingerprint density at radius 1 is 1.30 bits per heavy atom. The number of halogens is 2. The van der Waals surface area contributed by atoms with Gasteiger partial charge >= 0.3 is 0 Å². The number of para-hydroxylation sites is 1. The summed E-state index contributed by atoms with van der Waals surface area (Å²) in [5.41, 5.74) is 1.60. The van der Waals surface area contributed by atoms with E-state index in [1.165, 1.54) is 13.2 Å². The highest BCUT2D eigenvalue weighted by Crippen LogP contribution is 2.29. The van der Waals surface area contributed by atoms with Gasteiger partial charge in [0.2, 0.25) is 0 Å². The highest BCUT2D eigenvalue weighted by atomic mass is 127. The summed E-state index contributed by atoms with van der Waals surface area (Å²) in [6, 6.07) is 12.3. The summed E-state index contributed by atoms with van der Waals surface area (Å²) in [5.74, 6) is 1.03. The number of hydrogen-bond donors (Lipinski definition) is 3. The molecule has 1 heterocycles. The first-order chi connectivity index (χ1) is 14.1. The average Bonchev–Trinajstić information content (AvgIpc) is 2.73. The molecule has 0 amide bonds. The fourth-order valence-corrected chi connectivity index (χ4v) is 3.54. The lowest BCUT2D eigenvalue weighted by molar-refractivity contribution is 0.370. The van der Waals surface area contributed by atoms with Gasteiger partial charge in [0.1, 0.15) is 5.82 Å². The number of benzene rings is 2. The van der Waals surface area contributed by atoms with Crippen molar-refractivity contribution in [2.75, 3.05) is 31.6 Å². The average molecular weight is 528 g/mol. The van der Waals surface area contributed by atoms with E-state index in [2.05, 4.69) is 20.5 Å². The third-order valence-corrected chi connectivity index (χ3v) is 4.99. The van der Waals surface area contributed by atoms with Gasteiger partial charge in [-0.05, 0) is 44.0 Å². The smallest absolute Gasteiger partial charge is 0.191 e. The first-order valence-electron chi connectivity index (χ1n) is 10.0. The van der Waals surface area contributed by atoms with Crippen LogP contribution >= 0.6 is 24.0 Å². The van der Waals surface area contributed by atoms with Gasteiger partial charge in [0.05, 0.1) is 13.7 Å². The number of aliphatic imine (C=N–C) groups is 1. The lowest BCUT2D eigenvalue weighted by Gasteiger charge is -2.35. The number of piperidine rings is 1. The number of phenolic OH excluding ortho intramolecular Hbond substituents is 1. The van der Waals surface area contributed by atoms with Crippen LogP contribution < -0.4 is 20.3 Å². The van der Waals surface area contributed by atoms with E-state index in [4.69, 9.17) is 4.74 Å². The standard InChI is InChI=1S/C22H29FN4O2.HI/c1-3-24-22(25-14-16-7-4-11-20(29-2)21(16)28)26-18-9-6-12-27(15-18)19-10-5-8-17(23)13-19;/h4-5,7-8,10-11,13,18,28H,3,6,9,12,14-15H2,1-2H3,(H2,24,25,26);1H. The van der Waals surface area contributed by atoms with Crippen LogP contribution in [0.4, 0.5) is 10.1 Å². The Bertz CT molecular complexity index is 850. The zero-order chi connectivity index (χ0) is 20.6. The molecule has 1 fully saturated rings. The second-order valence-corrected chi connectivity index (χ2v) is 7.07. The third-order valence-electron chi connectivity index (χ3n) is 4.99. The molecule has 2 aromatic carbocycles. The molecular formula is C22H30FIN4O2. The number of aromatic hydroxyl groups is 1. The predicted octanol–water partition coefficient (Wildman–Crippen LogP) is 3.88. The SMILES string of the molecule is CCNC(=NCc1cccc(OC)c1O)NC1CCCN(c2cccc(F)c2)C1.I. The fourth-order valence-electron chi connectivity index (χ4n) is 3.54. The summed E-state index contributed by atoms with van der Waals surface area (Å²) in [4.78, 5) is 6.82. The van der Waals surface area contributed by atoms with Gasteiger partial charge in [-0.1, -0.05) is 18.2 Å². The Kier molecular flexibility index (Phi) is 9.48. The monoisotopic (exact) mass is 528 g/mol. The maximum Gasteiger partial charge on any atom is 0.191 e. The Balaban J connectivity index is 0.00000320. The molecular weight excluding hydrogens is 498 g/mol. The number of phenols is 1. The van der Waals surface area contributed by atoms with Crippen molar-refractivity contribution in [1.29, 1.82) is 0 Å². The van der Waals surface area contributed by atoms with Crippen LogP contribution in [0.5, 0.6) is 11.5 Å². The molecule has 3 rings (SSSR count). The van der Waals surface area contributed by atoms with E-state index < -0.39 is 0 Å². The minimum atomic E-state index is -0.217.